The van der Waals surface area contributed by atoms with E-state index in [-0.39, 0.29) is 0 Å². The second-order valence-electron chi connectivity index (χ2n) is 6.42. The van der Waals surface area contributed by atoms with Gasteiger partial charge in [0.2, 0.25) is 0 Å². The van der Waals surface area contributed by atoms with Crippen LogP contribution in [0.5, 0.6) is 0 Å². The van der Waals surface area contributed by atoms with Gasteiger partial charge >= 0.3 is 0 Å². The molecule has 0 N–H and O–H groups in total. The molecule has 1 aliphatic heterocycles. The van der Waals surface area contributed by atoms with E-state index in [0.717, 1.165) is 42.5 Å². The first-order valence-corrected chi connectivity index (χ1v) is 9.29. The van der Waals surface area contributed by atoms with Crippen LogP contribution in [0, 0.1) is 4.77 Å². The monoisotopic (exact) mass is 366 g/mol. The highest BCUT2D eigenvalue weighted by Crippen LogP contribution is 2.20. The van der Waals surface area contributed by atoms with E-state index < -0.39 is 0 Å². The zero-order valence-electron chi connectivity index (χ0n) is 14.6. The quantitative estimate of drug-likeness (QED) is 0.648. The summed E-state index contributed by atoms with van der Waals surface area (Å²) in [5.74, 6) is 0.910. The number of morpholine rings is 1. The molecule has 1 saturated heterocycles. The Hall–Kier alpha value is -2.28. The lowest BCUT2D eigenvalue weighted by Crippen LogP contribution is -2.37. The average molecular weight is 366 g/mol. The van der Waals surface area contributed by atoms with Crippen molar-refractivity contribution in [2.75, 3.05) is 26.3 Å². The third-order valence-electron chi connectivity index (χ3n) is 4.58. The molecule has 0 unspecified atom stereocenters. The molecule has 2 heterocycles. The van der Waals surface area contributed by atoms with E-state index in [2.05, 4.69) is 45.9 Å². The molecular weight excluding hydrogens is 344 g/mol. The number of rotatable bonds is 5. The van der Waals surface area contributed by atoms with Crippen molar-refractivity contribution in [1.82, 2.24) is 19.2 Å². The van der Waals surface area contributed by atoms with E-state index >= 15 is 0 Å². The molecule has 3 aromatic rings. The van der Waals surface area contributed by atoms with Crippen LogP contribution < -0.4 is 0 Å². The van der Waals surface area contributed by atoms with E-state index in [1.54, 1.807) is 0 Å². The molecule has 26 heavy (non-hydrogen) atoms. The fourth-order valence-corrected chi connectivity index (χ4v) is 3.42. The predicted molar refractivity (Wildman–Crippen MR) is 104 cm³/mol. The molecular formula is C20H22N4OS. The second-order valence-corrected chi connectivity index (χ2v) is 6.78. The van der Waals surface area contributed by atoms with Gasteiger partial charge in [-0.05, 0) is 17.8 Å². The maximum atomic E-state index is 5.79. The van der Waals surface area contributed by atoms with Crippen LogP contribution in [0.25, 0.3) is 11.4 Å². The number of hydrogen-bond acceptors (Lipinski definition) is 4. The Labute approximate surface area is 158 Å². The Morgan fingerprint density at radius 3 is 2.27 bits per heavy atom. The van der Waals surface area contributed by atoms with Gasteiger partial charge in [0, 0.05) is 18.7 Å². The van der Waals surface area contributed by atoms with Crippen molar-refractivity contribution in [3.05, 3.63) is 71.0 Å². The second kappa shape index (κ2) is 7.95. The minimum absolute atomic E-state index is 0.698. The summed E-state index contributed by atoms with van der Waals surface area (Å²) in [6, 6.07) is 20.6. The Balaban J connectivity index is 1.71. The average Bonchev–Trinajstić information content (AvgIpc) is 3.00. The Morgan fingerprint density at radius 1 is 0.923 bits per heavy atom. The largest absolute Gasteiger partial charge is 0.379 e. The van der Waals surface area contributed by atoms with E-state index in [1.165, 1.54) is 5.56 Å². The number of hydrogen-bond donors (Lipinski definition) is 0. The van der Waals surface area contributed by atoms with Crippen LogP contribution in [0.2, 0.25) is 0 Å². The molecule has 5 nitrogen and oxygen atoms in total. The summed E-state index contributed by atoms with van der Waals surface area (Å²) in [4.78, 5) is 2.33. The summed E-state index contributed by atoms with van der Waals surface area (Å²) >= 11 is 5.79. The molecule has 0 saturated carbocycles. The lowest BCUT2D eigenvalue weighted by atomic mass is 10.2. The molecule has 2 aromatic carbocycles. The molecule has 0 amide bonds. The van der Waals surface area contributed by atoms with Crippen molar-refractivity contribution in [1.29, 1.82) is 0 Å². The van der Waals surface area contributed by atoms with Gasteiger partial charge in [-0.2, -0.15) is 5.10 Å². The highest BCUT2D eigenvalue weighted by molar-refractivity contribution is 7.71. The Morgan fingerprint density at radius 2 is 1.58 bits per heavy atom. The van der Waals surface area contributed by atoms with Crippen LogP contribution in [0.4, 0.5) is 0 Å². The van der Waals surface area contributed by atoms with Crippen LogP contribution in [-0.4, -0.2) is 45.6 Å². The predicted octanol–water partition coefficient (Wildman–Crippen LogP) is 3.42. The number of benzene rings is 2. The standard InChI is InChI=1S/C20H22N4OS/c26-20-23(15-17-7-3-1-4-8-17)19(18-9-5-2-6-10-18)21-24(20)16-22-11-13-25-14-12-22/h1-10H,11-16H2. The van der Waals surface area contributed by atoms with Crippen molar-refractivity contribution in [3.63, 3.8) is 0 Å². The van der Waals surface area contributed by atoms with Crippen LogP contribution in [-0.2, 0) is 18.0 Å². The molecule has 1 fully saturated rings. The molecule has 0 bridgehead atoms. The van der Waals surface area contributed by atoms with Gasteiger partial charge in [-0.15, -0.1) is 0 Å². The molecule has 0 radical (unpaired) electrons. The van der Waals surface area contributed by atoms with E-state index in [1.807, 2.05) is 28.9 Å². The topological polar surface area (TPSA) is 35.2 Å². The number of nitrogens with zero attached hydrogens (tertiary/aromatic N) is 4. The fourth-order valence-electron chi connectivity index (χ4n) is 3.17. The molecule has 4 rings (SSSR count). The normalized spacial score (nSPS) is 15.2. The number of ether oxygens (including phenoxy) is 1. The zero-order chi connectivity index (χ0) is 17.8. The zero-order valence-corrected chi connectivity index (χ0v) is 15.4. The van der Waals surface area contributed by atoms with E-state index in [0.29, 0.717) is 13.2 Å². The summed E-state index contributed by atoms with van der Waals surface area (Å²) < 4.78 is 10.3. The van der Waals surface area contributed by atoms with Crippen LogP contribution in [0.3, 0.4) is 0 Å². The minimum Gasteiger partial charge on any atom is -0.379 e. The molecule has 1 aliphatic rings. The first-order valence-electron chi connectivity index (χ1n) is 8.88. The van der Waals surface area contributed by atoms with Gasteiger partial charge in [-0.25, -0.2) is 4.68 Å². The molecule has 0 atom stereocenters. The SMILES string of the molecule is S=c1n(CN2CCOCC2)nc(-c2ccccc2)n1Cc1ccccc1. The van der Waals surface area contributed by atoms with Crippen molar-refractivity contribution < 1.29 is 4.74 Å². The molecule has 1 aromatic heterocycles. The van der Waals surface area contributed by atoms with Crippen molar-refractivity contribution in [2.45, 2.75) is 13.2 Å². The van der Waals surface area contributed by atoms with Gasteiger partial charge in [0.1, 0.15) is 0 Å². The van der Waals surface area contributed by atoms with Gasteiger partial charge in [-0.1, -0.05) is 60.7 Å². The highest BCUT2D eigenvalue weighted by atomic mass is 32.1. The number of aromatic nitrogens is 3. The molecule has 6 heteroatoms. The van der Waals surface area contributed by atoms with E-state index in [9.17, 15) is 0 Å². The van der Waals surface area contributed by atoms with Gasteiger partial charge in [0.05, 0.1) is 26.4 Å². The fraction of sp³-hybridized carbons (Fsp3) is 0.300. The summed E-state index contributed by atoms with van der Waals surface area (Å²) in [6.07, 6.45) is 0. The van der Waals surface area contributed by atoms with Crippen LogP contribution in [0.1, 0.15) is 5.56 Å². The highest BCUT2D eigenvalue weighted by Gasteiger charge is 2.16. The first kappa shape index (κ1) is 17.1. The van der Waals surface area contributed by atoms with Gasteiger partial charge in [0.25, 0.3) is 0 Å². The smallest absolute Gasteiger partial charge is 0.199 e. The maximum Gasteiger partial charge on any atom is 0.199 e. The van der Waals surface area contributed by atoms with Gasteiger partial charge in [0.15, 0.2) is 10.6 Å². The lowest BCUT2D eigenvalue weighted by Gasteiger charge is -2.26. The molecule has 0 aliphatic carbocycles. The first-order chi connectivity index (χ1) is 12.8. The summed E-state index contributed by atoms with van der Waals surface area (Å²) in [5, 5.41) is 4.86. The van der Waals surface area contributed by atoms with Gasteiger partial charge in [-0.3, -0.25) is 9.47 Å². The lowest BCUT2D eigenvalue weighted by molar-refractivity contribution is 0.0209. The third kappa shape index (κ3) is 3.77. The van der Waals surface area contributed by atoms with Crippen molar-refractivity contribution in [2.24, 2.45) is 0 Å². The summed E-state index contributed by atoms with van der Waals surface area (Å²) in [5.41, 5.74) is 2.29. The minimum atomic E-state index is 0.698. The Bertz CT molecular complexity index is 899. The summed E-state index contributed by atoms with van der Waals surface area (Å²) in [7, 11) is 0. The van der Waals surface area contributed by atoms with Gasteiger partial charge < -0.3 is 4.74 Å². The van der Waals surface area contributed by atoms with Crippen LogP contribution in [0.15, 0.2) is 60.7 Å². The summed E-state index contributed by atoms with van der Waals surface area (Å²) in [6.45, 7) is 4.77. The third-order valence-corrected chi connectivity index (χ3v) is 5.01. The Kier molecular flexibility index (Phi) is 5.24. The maximum absolute atomic E-state index is 5.79. The van der Waals surface area contributed by atoms with Crippen molar-refractivity contribution in [3.8, 4) is 11.4 Å². The molecule has 0 spiro atoms. The van der Waals surface area contributed by atoms with Crippen molar-refractivity contribution >= 4 is 12.2 Å². The van der Waals surface area contributed by atoms with E-state index in [4.69, 9.17) is 22.1 Å². The van der Waals surface area contributed by atoms with Crippen LogP contribution >= 0.6 is 12.2 Å². The molecule has 134 valence electrons.